The summed E-state index contributed by atoms with van der Waals surface area (Å²) in [5.41, 5.74) is 5.54. The van der Waals surface area contributed by atoms with E-state index < -0.39 is 35.5 Å². The van der Waals surface area contributed by atoms with E-state index in [4.69, 9.17) is 4.74 Å². The number of carbonyl (C=O) groups is 3. The van der Waals surface area contributed by atoms with E-state index in [9.17, 15) is 18.8 Å². The second kappa shape index (κ2) is 15.1. The van der Waals surface area contributed by atoms with Gasteiger partial charge in [0.05, 0.1) is 6.61 Å². The molecule has 4 aromatic rings. The average molecular weight is 620 g/mol. The molecule has 0 N–H and O–H groups in total. The van der Waals surface area contributed by atoms with Crippen LogP contribution in [-0.2, 0) is 33.8 Å². The lowest BCUT2D eigenvalue weighted by molar-refractivity contribution is -0.154. The van der Waals surface area contributed by atoms with Crippen LogP contribution in [0.25, 0.3) is 0 Å². The molecule has 5 nitrogen and oxygen atoms in total. The standard InChI is InChI=1S/C40H42FNO4/c1-4-46-40(45)37(38(43)27(2)3)36(30-18-20-32(41)21-19-30)35-17-11-16-31-24-33(22-23-34(31)39(35)44)42(25-28-12-7-5-8-13-28)26-29-14-9-6-10-15-29/h5-10,12-15,18-24,27,35-37H,4,11,16-17,25-26H2,1-3H3. The van der Waals surface area contributed by atoms with Crippen LogP contribution in [0.2, 0.25) is 0 Å². The molecule has 1 aliphatic rings. The lowest BCUT2D eigenvalue weighted by Gasteiger charge is -2.32. The van der Waals surface area contributed by atoms with Gasteiger partial charge in [-0.1, -0.05) is 86.6 Å². The highest BCUT2D eigenvalue weighted by Gasteiger charge is 2.45. The van der Waals surface area contributed by atoms with E-state index in [0.717, 1.165) is 11.3 Å². The van der Waals surface area contributed by atoms with Crippen LogP contribution in [0.15, 0.2) is 103 Å². The van der Waals surface area contributed by atoms with Crippen molar-refractivity contribution in [3.05, 3.63) is 137 Å². The van der Waals surface area contributed by atoms with Gasteiger partial charge in [0.1, 0.15) is 17.5 Å². The number of ketones is 2. The van der Waals surface area contributed by atoms with Gasteiger partial charge in [0.15, 0.2) is 5.78 Å². The summed E-state index contributed by atoms with van der Waals surface area (Å²) in [5.74, 6) is -4.50. The van der Waals surface area contributed by atoms with Crippen LogP contribution in [0.5, 0.6) is 0 Å². The highest BCUT2D eigenvalue weighted by Crippen LogP contribution is 2.42. The molecule has 46 heavy (non-hydrogen) atoms. The summed E-state index contributed by atoms with van der Waals surface area (Å²) in [6.07, 6.45) is 1.88. The molecule has 0 fully saturated rings. The van der Waals surface area contributed by atoms with Crippen LogP contribution < -0.4 is 4.90 Å². The van der Waals surface area contributed by atoms with Gasteiger partial charge < -0.3 is 9.64 Å². The Kier molecular flexibility index (Phi) is 10.8. The van der Waals surface area contributed by atoms with Gasteiger partial charge in [0, 0.05) is 42.1 Å². The molecule has 3 unspecified atom stereocenters. The Morgan fingerprint density at radius 3 is 2.04 bits per heavy atom. The Labute approximate surface area is 271 Å². The van der Waals surface area contributed by atoms with Gasteiger partial charge in [-0.05, 0) is 78.8 Å². The molecule has 0 bridgehead atoms. The third-order valence-electron chi connectivity index (χ3n) is 8.91. The van der Waals surface area contributed by atoms with Crippen molar-refractivity contribution in [2.24, 2.45) is 17.8 Å². The number of fused-ring (bicyclic) bond motifs is 1. The minimum atomic E-state index is -1.17. The van der Waals surface area contributed by atoms with E-state index in [1.165, 1.54) is 23.3 Å². The van der Waals surface area contributed by atoms with Gasteiger partial charge >= 0.3 is 5.97 Å². The first-order valence-electron chi connectivity index (χ1n) is 16.2. The third kappa shape index (κ3) is 7.61. The van der Waals surface area contributed by atoms with Gasteiger partial charge in [-0.25, -0.2) is 4.39 Å². The Hall–Kier alpha value is -4.58. The number of hydrogen-bond acceptors (Lipinski definition) is 5. The maximum absolute atomic E-state index is 14.5. The van der Waals surface area contributed by atoms with Crippen LogP contribution in [0.4, 0.5) is 10.1 Å². The van der Waals surface area contributed by atoms with Crippen LogP contribution >= 0.6 is 0 Å². The molecule has 6 heteroatoms. The number of anilines is 1. The van der Waals surface area contributed by atoms with Crippen LogP contribution in [0, 0.1) is 23.6 Å². The predicted octanol–water partition coefficient (Wildman–Crippen LogP) is 8.36. The van der Waals surface area contributed by atoms with Crippen molar-refractivity contribution in [3.63, 3.8) is 0 Å². The molecule has 0 radical (unpaired) electrons. The van der Waals surface area contributed by atoms with Crippen LogP contribution in [0.1, 0.15) is 72.1 Å². The molecule has 3 atom stereocenters. The maximum atomic E-state index is 14.5. The van der Waals surface area contributed by atoms with Crippen molar-refractivity contribution >= 4 is 23.2 Å². The molecule has 0 amide bonds. The largest absolute Gasteiger partial charge is 0.465 e. The lowest BCUT2D eigenvalue weighted by atomic mass is 9.70. The van der Waals surface area contributed by atoms with E-state index in [-0.39, 0.29) is 18.2 Å². The maximum Gasteiger partial charge on any atom is 0.317 e. The smallest absolute Gasteiger partial charge is 0.317 e. The second-order valence-electron chi connectivity index (χ2n) is 12.4. The van der Waals surface area contributed by atoms with E-state index >= 15 is 0 Å². The molecule has 1 aliphatic carbocycles. The Balaban J connectivity index is 1.54. The fourth-order valence-electron chi connectivity index (χ4n) is 6.63. The zero-order valence-corrected chi connectivity index (χ0v) is 26.8. The number of hydrogen-bond donors (Lipinski definition) is 0. The number of Topliss-reactive ketones (excluding diaryl/α,β-unsaturated/α-hetero) is 2. The van der Waals surface area contributed by atoms with Crippen LogP contribution in [0.3, 0.4) is 0 Å². The molecule has 4 aromatic carbocycles. The minimum absolute atomic E-state index is 0.100. The quantitative estimate of drug-likeness (QED) is 0.0906. The van der Waals surface area contributed by atoms with Crippen molar-refractivity contribution < 1.29 is 23.5 Å². The number of halogens is 1. The normalized spacial score (nSPS) is 15.8. The third-order valence-corrected chi connectivity index (χ3v) is 8.91. The van der Waals surface area contributed by atoms with Crippen molar-refractivity contribution in [2.75, 3.05) is 11.5 Å². The first-order valence-corrected chi connectivity index (χ1v) is 16.2. The number of rotatable bonds is 12. The fraction of sp³-hybridized carbons (Fsp3) is 0.325. The topological polar surface area (TPSA) is 63.7 Å². The fourth-order valence-corrected chi connectivity index (χ4v) is 6.63. The van der Waals surface area contributed by atoms with Gasteiger partial charge in [-0.15, -0.1) is 0 Å². The number of esters is 1. The summed E-state index contributed by atoms with van der Waals surface area (Å²) in [6.45, 7) is 6.72. The summed E-state index contributed by atoms with van der Waals surface area (Å²) in [6, 6.07) is 32.5. The van der Waals surface area contributed by atoms with E-state index in [1.807, 2.05) is 48.5 Å². The number of carbonyl (C=O) groups excluding carboxylic acids is 3. The predicted molar refractivity (Wildman–Crippen MR) is 179 cm³/mol. The van der Waals surface area contributed by atoms with Gasteiger partial charge in [0.2, 0.25) is 0 Å². The van der Waals surface area contributed by atoms with Gasteiger partial charge in [-0.3, -0.25) is 14.4 Å². The number of ether oxygens (including phenoxy) is 1. The summed E-state index contributed by atoms with van der Waals surface area (Å²) in [7, 11) is 0. The summed E-state index contributed by atoms with van der Waals surface area (Å²) in [4.78, 5) is 43.9. The summed E-state index contributed by atoms with van der Waals surface area (Å²) in [5, 5.41) is 0. The number of nitrogens with zero attached hydrogens (tertiary/aromatic N) is 1. The molecule has 0 aliphatic heterocycles. The van der Waals surface area contributed by atoms with Crippen molar-refractivity contribution in [1.82, 2.24) is 0 Å². The van der Waals surface area contributed by atoms with E-state index in [1.54, 1.807) is 32.9 Å². The molecular weight excluding hydrogens is 577 g/mol. The van der Waals surface area contributed by atoms with Gasteiger partial charge in [0.25, 0.3) is 0 Å². The summed E-state index contributed by atoms with van der Waals surface area (Å²) < 4.78 is 19.5. The Bertz CT molecular complexity index is 1590. The zero-order chi connectivity index (χ0) is 32.6. The monoisotopic (exact) mass is 619 g/mol. The van der Waals surface area contributed by atoms with Crippen LogP contribution in [-0.4, -0.2) is 24.1 Å². The van der Waals surface area contributed by atoms with E-state index in [2.05, 4.69) is 35.2 Å². The molecule has 0 heterocycles. The van der Waals surface area contributed by atoms with Crippen molar-refractivity contribution in [3.8, 4) is 0 Å². The highest BCUT2D eigenvalue weighted by atomic mass is 19.1. The number of benzene rings is 4. The number of aryl methyl sites for hydroxylation is 1. The first kappa shape index (κ1) is 32.8. The first-order chi connectivity index (χ1) is 22.3. The van der Waals surface area contributed by atoms with Crippen molar-refractivity contribution in [1.29, 1.82) is 0 Å². The van der Waals surface area contributed by atoms with Crippen molar-refractivity contribution in [2.45, 2.75) is 59.0 Å². The molecular formula is C40H42FNO4. The molecule has 0 saturated heterocycles. The molecule has 0 spiro atoms. The summed E-state index contributed by atoms with van der Waals surface area (Å²) >= 11 is 0. The molecule has 238 valence electrons. The highest BCUT2D eigenvalue weighted by molar-refractivity contribution is 6.04. The lowest BCUT2D eigenvalue weighted by Crippen LogP contribution is -2.39. The Morgan fingerprint density at radius 1 is 0.870 bits per heavy atom. The second-order valence-corrected chi connectivity index (χ2v) is 12.4. The molecule has 0 aromatic heterocycles. The average Bonchev–Trinajstić information content (AvgIpc) is 3.22. The Morgan fingerprint density at radius 2 is 1.48 bits per heavy atom. The van der Waals surface area contributed by atoms with E-state index in [0.29, 0.717) is 43.5 Å². The van der Waals surface area contributed by atoms with Gasteiger partial charge in [-0.2, -0.15) is 0 Å². The molecule has 0 saturated carbocycles. The zero-order valence-electron chi connectivity index (χ0n) is 26.8. The SMILES string of the molecule is CCOC(=O)C(C(=O)C(C)C)C(c1ccc(F)cc1)C1CCCc2cc(N(Cc3ccccc3)Cc3ccccc3)ccc2C1=O. The minimum Gasteiger partial charge on any atom is -0.465 e. The molecule has 5 rings (SSSR count).